The Morgan fingerprint density at radius 1 is 1.35 bits per heavy atom. The van der Waals surface area contributed by atoms with E-state index in [1.165, 1.54) is 0 Å². The molecule has 0 aliphatic carbocycles. The van der Waals surface area contributed by atoms with Crippen LogP contribution in [-0.4, -0.2) is 35.0 Å². The fourth-order valence-electron chi connectivity index (χ4n) is 2.40. The maximum Gasteiger partial charge on any atom is 0.308 e. The number of likely N-dealkylation sites (tertiary alicyclic amines) is 1. The minimum Gasteiger partial charge on any atom is -0.481 e. The van der Waals surface area contributed by atoms with Crippen LogP contribution in [0.3, 0.4) is 0 Å². The lowest BCUT2D eigenvalue weighted by Gasteiger charge is -2.30. The van der Waals surface area contributed by atoms with Crippen molar-refractivity contribution in [3.8, 4) is 6.07 Å². The standard InChI is InChI=1S/C15H16N2O3/c16-8-7-11-3-5-12(6-4-11)14(18)17-9-1-2-13(10-17)15(19)20/h3-6,13H,1-2,7,9-10H2,(H,19,20)/t13-/m0/s1. The molecule has 1 saturated heterocycles. The van der Waals surface area contributed by atoms with E-state index in [1.807, 2.05) is 0 Å². The van der Waals surface area contributed by atoms with E-state index in [-0.39, 0.29) is 12.5 Å². The molecule has 0 bridgehead atoms. The first-order chi connectivity index (χ1) is 9.61. The Kier molecular flexibility index (Phi) is 4.36. The zero-order valence-corrected chi connectivity index (χ0v) is 11.1. The number of hydrogen-bond acceptors (Lipinski definition) is 3. The molecule has 0 radical (unpaired) electrons. The van der Waals surface area contributed by atoms with Crippen molar-refractivity contribution in [2.24, 2.45) is 5.92 Å². The molecule has 1 aliphatic heterocycles. The van der Waals surface area contributed by atoms with Crippen LogP contribution in [0.25, 0.3) is 0 Å². The third-order valence-electron chi connectivity index (χ3n) is 3.54. The zero-order chi connectivity index (χ0) is 14.5. The molecule has 1 N–H and O–H groups in total. The summed E-state index contributed by atoms with van der Waals surface area (Å²) in [6.07, 6.45) is 1.66. The highest BCUT2D eigenvalue weighted by Gasteiger charge is 2.28. The van der Waals surface area contributed by atoms with Crippen molar-refractivity contribution >= 4 is 11.9 Å². The number of benzene rings is 1. The summed E-state index contributed by atoms with van der Waals surface area (Å²) in [5.41, 5.74) is 1.41. The molecule has 1 fully saturated rings. The summed E-state index contributed by atoms with van der Waals surface area (Å²) in [6, 6.07) is 8.96. The second kappa shape index (κ2) is 6.20. The summed E-state index contributed by atoms with van der Waals surface area (Å²) in [4.78, 5) is 24.9. The lowest BCUT2D eigenvalue weighted by Crippen LogP contribution is -2.42. The predicted molar refractivity (Wildman–Crippen MR) is 72.0 cm³/mol. The predicted octanol–water partition coefficient (Wildman–Crippen LogP) is 1.69. The number of carbonyl (C=O) groups excluding carboxylic acids is 1. The lowest BCUT2D eigenvalue weighted by atomic mass is 9.97. The van der Waals surface area contributed by atoms with Crippen molar-refractivity contribution in [3.05, 3.63) is 35.4 Å². The van der Waals surface area contributed by atoms with Crippen molar-refractivity contribution in [1.82, 2.24) is 4.90 Å². The molecule has 0 aromatic heterocycles. The molecule has 1 atom stereocenters. The van der Waals surface area contributed by atoms with Crippen LogP contribution in [0.4, 0.5) is 0 Å². The molecule has 1 amide bonds. The Hall–Kier alpha value is -2.35. The van der Waals surface area contributed by atoms with Crippen LogP contribution in [0.1, 0.15) is 28.8 Å². The maximum atomic E-state index is 12.3. The van der Waals surface area contributed by atoms with Crippen LogP contribution in [0.2, 0.25) is 0 Å². The molecule has 2 rings (SSSR count). The van der Waals surface area contributed by atoms with Crippen LogP contribution < -0.4 is 0 Å². The molecule has 5 heteroatoms. The van der Waals surface area contributed by atoms with Crippen LogP contribution in [0.5, 0.6) is 0 Å². The van der Waals surface area contributed by atoms with Gasteiger partial charge in [0.1, 0.15) is 0 Å². The van der Waals surface area contributed by atoms with Gasteiger partial charge in [0.15, 0.2) is 0 Å². The zero-order valence-electron chi connectivity index (χ0n) is 11.1. The molecule has 0 spiro atoms. The second-order valence-electron chi connectivity index (χ2n) is 4.96. The topological polar surface area (TPSA) is 81.4 Å². The van der Waals surface area contributed by atoms with Gasteiger partial charge in [-0.15, -0.1) is 0 Å². The molecule has 1 aromatic rings. The van der Waals surface area contributed by atoms with E-state index in [0.29, 0.717) is 24.9 Å². The van der Waals surface area contributed by atoms with E-state index in [4.69, 9.17) is 10.4 Å². The Morgan fingerprint density at radius 2 is 2.05 bits per heavy atom. The number of hydrogen-bond donors (Lipinski definition) is 1. The summed E-state index contributed by atoms with van der Waals surface area (Å²) in [6.45, 7) is 0.872. The number of carboxylic acids is 1. The largest absolute Gasteiger partial charge is 0.481 e. The number of carbonyl (C=O) groups is 2. The van der Waals surface area contributed by atoms with Gasteiger partial charge in [0.05, 0.1) is 18.4 Å². The minimum absolute atomic E-state index is 0.139. The number of nitrogens with zero attached hydrogens (tertiary/aromatic N) is 2. The third-order valence-corrected chi connectivity index (χ3v) is 3.54. The third kappa shape index (κ3) is 3.15. The summed E-state index contributed by atoms with van der Waals surface area (Å²) >= 11 is 0. The molecular formula is C15H16N2O3. The second-order valence-corrected chi connectivity index (χ2v) is 4.96. The van der Waals surface area contributed by atoms with Gasteiger partial charge < -0.3 is 10.0 Å². The molecule has 5 nitrogen and oxygen atoms in total. The quantitative estimate of drug-likeness (QED) is 0.907. The number of aliphatic carboxylic acids is 1. The molecule has 1 aliphatic rings. The maximum absolute atomic E-state index is 12.3. The van der Waals surface area contributed by atoms with Crippen molar-refractivity contribution < 1.29 is 14.7 Å². The molecule has 0 unspecified atom stereocenters. The highest BCUT2D eigenvalue weighted by Crippen LogP contribution is 2.19. The van der Waals surface area contributed by atoms with E-state index in [9.17, 15) is 9.59 Å². The van der Waals surface area contributed by atoms with Crippen molar-refractivity contribution in [2.45, 2.75) is 19.3 Å². The molecule has 104 valence electrons. The smallest absolute Gasteiger partial charge is 0.308 e. The average molecular weight is 272 g/mol. The Morgan fingerprint density at radius 3 is 2.65 bits per heavy atom. The molecule has 0 saturated carbocycles. The number of amides is 1. The summed E-state index contributed by atoms with van der Waals surface area (Å²) in [5, 5.41) is 17.6. The van der Waals surface area contributed by atoms with E-state index >= 15 is 0 Å². The van der Waals surface area contributed by atoms with Gasteiger partial charge in [-0.2, -0.15) is 5.26 Å². The van der Waals surface area contributed by atoms with Gasteiger partial charge in [-0.1, -0.05) is 12.1 Å². The van der Waals surface area contributed by atoms with Crippen LogP contribution in [0, 0.1) is 17.2 Å². The van der Waals surface area contributed by atoms with E-state index in [0.717, 1.165) is 12.0 Å². The van der Waals surface area contributed by atoms with Gasteiger partial charge >= 0.3 is 5.97 Å². The van der Waals surface area contributed by atoms with E-state index in [1.54, 1.807) is 29.2 Å². The number of rotatable bonds is 3. The first-order valence-corrected chi connectivity index (χ1v) is 6.60. The highest BCUT2D eigenvalue weighted by molar-refractivity contribution is 5.94. The number of carboxylic acid groups (broad SMARTS) is 1. The number of nitriles is 1. The molecule has 20 heavy (non-hydrogen) atoms. The fraction of sp³-hybridized carbons (Fsp3) is 0.400. The van der Waals surface area contributed by atoms with Crippen molar-refractivity contribution in [1.29, 1.82) is 5.26 Å². The Labute approximate surface area is 117 Å². The van der Waals surface area contributed by atoms with Crippen molar-refractivity contribution in [2.75, 3.05) is 13.1 Å². The molecule has 1 heterocycles. The monoisotopic (exact) mass is 272 g/mol. The summed E-state index contributed by atoms with van der Waals surface area (Å²) in [7, 11) is 0. The van der Waals surface area contributed by atoms with Crippen molar-refractivity contribution in [3.63, 3.8) is 0 Å². The SMILES string of the molecule is N#CCc1ccc(C(=O)N2CCC[C@H](C(=O)O)C2)cc1. The first-order valence-electron chi connectivity index (χ1n) is 6.60. The fourth-order valence-corrected chi connectivity index (χ4v) is 2.40. The Bertz CT molecular complexity index is 545. The van der Waals surface area contributed by atoms with Gasteiger partial charge in [0.2, 0.25) is 0 Å². The van der Waals surface area contributed by atoms with Crippen LogP contribution in [-0.2, 0) is 11.2 Å². The van der Waals surface area contributed by atoms with Gasteiger partial charge in [-0.25, -0.2) is 0 Å². The summed E-state index contributed by atoms with van der Waals surface area (Å²) in [5.74, 6) is -1.45. The van der Waals surface area contributed by atoms with Crippen LogP contribution in [0.15, 0.2) is 24.3 Å². The number of piperidine rings is 1. The van der Waals surface area contributed by atoms with Gasteiger partial charge in [-0.05, 0) is 30.5 Å². The first kappa shape index (κ1) is 14.1. The van der Waals surface area contributed by atoms with Gasteiger partial charge in [-0.3, -0.25) is 9.59 Å². The van der Waals surface area contributed by atoms with Crippen LogP contribution >= 0.6 is 0 Å². The minimum atomic E-state index is -0.841. The highest BCUT2D eigenvalue weighted by atomic mass is 16.4. The van der Waals surface area contributed by atoms with Gasteiger partial charge in [0, 0.05) is 18.7 Å². The van der Waals surface area contributed by atoms with E-state index < -0.39 is 11.9 Å². The molecular weight excluding hydrogens is 256 g/mol. The molecule has 1 aromatic carbocycles. The normalized spacial score (nSPS) is 18.4. The Balaban J connectivity index is 2.07. The summed E-state index contributed by atoms with van der Waals surface area (Å²) < 4.78 is 0. The average Bonchev–Trinajstić information content (AvgIpc) is 2.48. The van der Waals surface area contributed by atoms with E-state index in [2.05, 4.69) is 6.07 Å². The lowest BCUT2D eigenvalue weighted by molar-refractivity contribution is -0.143. The van der Waals surface area contributed by atoms with Gasteiger partial charge in [0.25, 0.3) is 5.91 Å².